The molecule has 0 saturated heterocycles. The van der Waals surface area contributed by atoms with E-state index in [1.807, 2.05) is 0 Å². The highest BCUT2D eigenvalue weighted by atomic mass is 32.1. The standard InChI is InChI=1S/C51H32N4S/c1-3-14-33(15-4-1)34-16-13-17-35(30-34)39-20-7-8-23-44(39)51-53-49(52-50(54-51)37-27-29-43-42-22-10-12-25-47(42)56-48(43)32-37)36-26-28-41-40-21-9-11-24-45(40)55(46(41)31-36)38-18-5-2-6-19-38/h1-32H. The average Bonchev–Trinajstić information content (AvgIpc) is 3.82. The van der Waals surface area contributed by atoms with Crippen LogP contribution in [-0.2, 0) is 0 Å². The van der Waals surface area contributed by atoms with Gasteiger partial charge in [0.25, 0.3) is 0 Å². The first-order valence-corrected chi connectivity index (χ1v) is 19.6. The third kappa shape index (κ3) is 5.48. The van der Waals surface area contributed by atoms with Crippen molar-refractivity contribution < 1.29 is 0 Å². The van der Waals surface area contributed by atoms with Gasteiger partial charge in [-0.25, -0.2) is 15.0 Å². The Kier molecular flexibility index (Phi) is 7.64. The van der Waals surface area contributed by atoms with Crippen molar-refractivity contribution in [1.82, 2.24) is 19.5 Å². The molecular weight excluding hydrogens is 701 g/mol. The lowest BCUT2D eigenvalue weighted by Gasteiger charge is -2.13. The predicted molar refractivity (Wildman–Crippen MR) is 234 cm³/mol. The monoisotopic (exact) mass is 732 g/mol. The molecular formula is C51H32N4S. The van der Waals surface area contributed by atoms with Crippen molar-refractivity contribution in [3.8, 4) is 62.1 Å². The first-order valence-electron chi connectivity index (χ1n) is 18.8. The van der Waals surface area contributed by atoms with E-state index in [0.29, 0.717) is 17.5 Å². The molecule has 0 bridgehead atoms. The molecule has 0 fully saturated rings. The minimum absolute atomic E-state index is 0.626. The van der Waals surface area contributed by atoms with Crippen LogP contribution in [0, 0.1) is 0 Å². The Morgan fingerprint density at radius 1 is 0.321 bits per heavy atom. The number of fused-ring (bicyclic) bond motifs is 6. The Balaban J connectivity index is 1.13. The SMILES string of the molecule is c1ccc(-c2cccc(-c3ccccc3-c3nc(-c4ccc5c(c4)sc4ccccc45)nc(-c4ccc5c6ccccc6n(-c6ccccc6)c5c4)n3)c2)cc1. The number of hydrogen-bond acceptors (Lipinski definition) is 4. The van der Waals surface area contributed by atoms with Crippen LogP contribution in [0.5, 0.6) is 0 Å². The van der Waals surface area contributed by atoms with E-state index >= 15 is 0 Å². The lowest BCUT2D eigenvalue weighted by Crippen LogP contribution is -2.01. The van der Waals surface area contributed by atoms with E-state index in [4.69, 9.17) is 15.0 Å². The Labute approximate surface area is 327 Å². The highest BCUT2D eigenvalue weighted by Gasteiger charge is 2.19. The van der Waals surface area contributed by atoms with Crippen LogP contribution in [0.1, 0.15) is 0 Å². The predicted octanol–water partition coefficient (Wildman–Crippen LogP) is 13.7. The number of benzene rings is 8. The van der Waals surface area contributed by atoms with E-state index in [-0.39, 0.29) is 0 Å². The van der Waals surface area contributed by atoms with Crippen LogP contribution in [0.2, 0.25) is 0 Å². The largest absolute Gasteiger partial charge is 0.309 e. The van der Waals surface area contributed by atoms with Gasteiger partial charge in [0.05, 0.1) is 11.0 Å². The summed E-state index contributed by atoms with van der Waals surface area (Å²) in [6, 6.07) is 68.6. The van der Waals surface area contributed by atoms with Crippen molar-refractivity contribution in [3.63, 3.8) is 0 Å². The quantitative estimate of drug-likeness (QED) is 0.171. The van der Waals surface area contributed by atoms with Crippen molar-refractivity contribution >= 4 is 53.3 Å². The van der Waals surface area contributed by atoms with E-state index in [1.54, 1.807) is 11.3 Å². The molecule has 0 aliphatic rings. The topological polar surface area (TPSA) is 43.6 Å². The van der Waals surface area contributed by atoms with Crippen molar-refractivity contribution in [1.29, 1.82) is 0 Å². The van der Waals surface area contributed by atoms with E-state index in [9.17, 15) is 0 Å². The number of nitrogens with zero attached hydrogens (tertiary/aromatic N) is 4. The molecule has 4 nitrogen and oxygen atoms in total. The van der Waals surface area contributed by atoms with Gasteiger partial charge in [0.1, 0.15) is 0 Å². The first kappa shape index (κ1) is 32.2. The normalized spacial score (nSPS) is 11.6. The smallest absolute Gasteiger partial charge is 0.164 e. The number of rotatable bonds is 6. The maximum Gasteiger partial charge on any atom is 0.164 e. The fourth-order valence-corrected chi connectivity index (χ4v) is 9.16. The second kappa shape index (κ2) is 13.3. The van der Waals surface area contributed by atoms with E-state index < -0.39 is 0 Å². The Morgan fingerprint density at radius 2 is 0.893 bits per heavy atom. The molecule has 0 amide bonds. The molecule has 3 aromatic heterocycles. The maximum absolute atomic E-state index is 5.30. The zero-order valence-corrected chi connectivity index (χ0v) is 31.0. The molecule has 56 heavy (non-hydrogen) atoms. The van der Waals surface area contributed by atoms with Crippen molar-refractivity contribution in [2.45, 2.75) is 0 Å². The number of hydrogen-bond donors (Lipinski definition) is 0. The van der Waals surface area contributed by atoms with Crippen LogP contribution >= 0.6 is 11.3 Å². The van der Waals surface area contributed by atoms with E-state index in [1.165, 1.54) is 36.5 Å². The van der Waals surface area contributed by atoms with Gasteiger partial charge < -0.3 is 4.57 Å². The summed E-state index contributed by atoms with van der Waals surface area (Å²) in [6.07, 6.45) is 0. The first-order chi connectivity index (χ1) is 27.7. The van der Waals surface area contributed by atoms with Gasteiger partial charge in [0.15, 0.2) is 17.5 Å². The summed E-state index contributed by atoms with van der Waals surface area (Å²) in [4.78, 5) is 15.8. The van der Waals surface area contributed by atoms with Crippen molar-refractivity contribution in [2.24, 2.45) is 0 Å². The molecule has 11 rings (SSSR count). The molecule has 0 saturated carbocycles. The fourth-order valence-electron chi connectivity index (χ4n) is 8.01. The lowest BCUT2D eigenvalue weighted by molar-refractivity contribution is 1.07. The minimum Gasteiger partial charge on any atom is -0.309 e. The molecule has 0 spiro atoms. The van der Waals surface area contributed by atoms with E-state index in [0.717, 1.165) is 50.1 Å². The number of para-hydroxylation sites is 2. The van der Waals surface area contributed by atoms with Gasteiger partial charge in [-0.15, -0.1) is 11.3 Å². The molecule has 5 heteroatoms. The summed E-state index contributed by atoms with van der Waals surface area (Å²) < 4.78 is 4.81. The van der Waals surface area contributed by atoms with Gasteiger partial charge in [-0.3, -0.25) is 0 Å². The summed E-state index contributed by atoms with van der Waals surface area (Å²) in [5, 5.41) is 4.90. The van der Waals surface area contributed by atoms with Crippen molar-refractivity contribution in [3.05, 3.63) is 194 Å². The molecule has 0 atom stereocenters. The maximum atomic E-state index is 5.30. The van der Waals surface area contributed by atoms with Crippen molar-refractivity contribution in [2.75, 3.05) is 0 Å². The van der Waals surface area contributed by atoms with E-state index in [2.05, 4.69) is 199 Å². The minimum atomic E-state index is 0.626. The summed E-state index contributed by atoms with van der Waals surface area (Å²) >= 11 is 1.80. The summed E-state index contributed by atoms with van der Waals surface area (Å²) in [7, 11) is 0. The zero-order valence-electron chi connectivity index (χ0n) is 30.2. The van der Waals surface area contributed by atoms with Gasteiger partial charge >= 0.3 is 0 Å². The van der Waals surface area contributed by atoms with Crippen LogP contribution in [-0.4, -0.2) is 19.5 Å². The van der Waals surface area contributed by atoms with Gasteiger partial charge in [-0.05, 0) is 64.7 Å². The van der Waals surface area contributed by atoms with Gasteiger partial charge in [-0.1, -0.05) is 152 Å². The number of aromatic nitrogens is 4. The second-order valence-corrected chi connectivity index (χ2v) is 15.1. The molecule has 0 aliphatic heterocycles. The average molecular weight is 733 g/mol. The lowest BCUT2D eigenvalue weighted by atomic mass is 9.95. The molecule has 0 aliphatic carbocycles. The molecule has 262 valence electrons. The van der Waals surface area contributed by atoms with Crippen LogP contribution in [0.15, 0.2) is 194 Å². The molecule has 0 unspecified atom stereocenters. The number of thiophene rings is 1. The van der Waals surface area contributed by atoms with Crippen LogP contribution in [0.4, 0.5) is 0 Å². The third-order valence-electron chi connectivity index (χ3n) is 10.7. The summed E-state index contributed by atoms with van der Waals surface area (Å²) in [5.41, 5.74) is 10.7. The van der Waals surface area contributed by atoms with Crippen LogP contribution in [0.25, 0.3) is 104 Å². The zero-order chi connectivity index (χ0) is 37.0. The summed E-state index contributed by atoms with van der Waals surface area (Å²) in [6.45, 7) is 0. The molecule has 11 aromatic rings. The van der Waals surface area contributed by atoms with Crippen LogP contribution < -0.4 is 0 Å². The highest BCUT2D eigenvalue weighted by molar-refractivity contribution is 7.25. The van der Waals surface area contributed by atoms with Gasteiger partial charge in [0, 0.05) is 53.3 Å². The molecule has 8 aromatic carbocycles. The second-order valence-electron chi connectivity index (χ2n) is 14.0. The molecule has 0 N–H and O–H groups in total. The Hall–Kier alpha value is -7.21. The summed E-state index contributed by atoms with van der Waals surface area (Å²) in [5.74, 6) is 1.90. The molecule has 0 radical (unpaired) electrons. The molecule has 3 heterocycles. The fraction of sp³-hybridized carbons (Fsp3) is 0. The Bertz CT molecular complexity index is 3250. The van der Waals surface area contributed by atoms with Gasteiger partial charge in [0.2, 0.25) is 0 Å². The third-order valence-corrected chi connectivity index (χ3v) is 11.8. The highest BCUT2D eigenvalue weighted by Crippen LogP contribution is 2.39. The Morgan fingerprint density at radius 3 is 1.71 bits per heavy atom. The van der Waals surface area contributed by atoms with Crippen LogP contribution in [0.3, 0.4) is 0 Å². The van der Waals surface area contributed by atoms with Gasteiger partial charge in [-0.2, -0.15) is 0 Å².